The van der Waals surface area contributed by atoms with Crippen LogP contribution in [0.3, 0.4) is 0 Å². The normalized spacial score (nSPS) is 23.5. The van der Waals surface area contributed by atoms with E-state index in [0.29, 0.717) is 17.3 Å². The first kappa shape index (κ1) is 17.2. The summed E-state index contributed by atoms with van der Waals surface area (Å²) >= 11 is 0. The molecule has 2 unspecified atom stereocenters. The maximum absolute atomic E-state index is 5.51. The van der Waals surface area contributed by atoms with Crippen LogP contribution >= 0.6 is 0 Å². The summed E-state index contributed by atoms with van der Waals surface area (Å²) in [6.07, 6.45) is 6.15. The fourth-order valence-electron chi connectivity index (χ4n) is 4.77. The minimum absolute atomic E-state index is 0.393. The lowest BCUT2D eigenvalue weighted by molar-refractivity contribution is 0.188. The Kier molecular flexibility index (Phi) is 4.30. The number of allylic oxidation sites excluding steroid dienone is 1. The van der Waals surface area contributed by atoms with Crippen LogP contribution < -0.4 is 9.47 Å². The van der Waals surface area contributed by atoms with Gasteiger partial charge in [0.15, 0.2) is 0 Å². The van der Waals surface area contributed by atoms with E-state index in [1.54, 1.807) is 14.2 Å². The lowest BCUT2D eigenvalue weighted by Gasteiger charge is -2.44. The Morgan fingerprint density at radius 2 is 1.58 bits per heavy atom. The van der Waals surface area contributed by atoms with Crippen molar-refractivity contribution in [3.63, 3.8) is 0 Å². The molecule has 1 saturated carbocycles. The van der Waals surface area contributed by atoms with Crippen LogP contribution in [-0.4, -0.2) is 14.2 Å². The molecule has 0 bridgehead atoms. The van der Waals surface area contributed by atoms with E-state index in [4.69, 9.17) is 9.47 Å². The summed E-state index contributed by atoms with van der Waals surface area (Å²) in [6, 6.07) is 15.1. The molecule has 0 heterocycles. The summed E-state index contributed by atoms with van der Waals surface area (Å²) in [6.45, 7) is 4.82. The molecule has 136 valence electrons. The second-order valence-electron chi connectivity index (χ2n) is 8.44. The molecule has 1 fully saturated rings. The third kappa shape index (κ3) is 3.02. The molecule has 2 aliphatic carbocycles. The molecule has 2 nitrogen and oxygen atoms in total. The van der Waals surface area contributed by atoms with Crippen LogP contribution in [0.25, 0.3) is 11.6 Å². The van der Waals surface area contributed by atoms with Gasteiger partial charge in [0.25, 0.3) is 0 Å². The van der Waals surface area contributed by atoms with E-state index < -0.39 is 0 Å². The maximum atomic E-state index is 5.51. The highest BCUT2D eigenvalue weighted by molar-refractivity contribution is 5.87. The van der Waals surface area contributed by atoms with Gasteiger partial charge in [-0.3, -0.25) is 0 Å². The van der Waals surface area contributed by atoms with Gasteiger partial charge in [-0.05, 0) is 83.0 Å². The van der Waals surface area contributed by atoms with Gasteiger partial charge in [0.2, 0.25) is 0 Å². The summed E-state index contributed by atoms with van der Waals surface area (Å²) in [7, 11) is 3.48. The van der Waals surface area contributed by atoms with Crippen LogP contribution in [0.15, 0.2) is 42.5 Å². The zero-order valence-corrected chi connectivity index (χ0v) is 16.2. The summed E-state index contributed by atoms with van der Waals surface area (Å²) in [5.41, 5.74) is 5.99. The predicted molar refractivity (Wildman–Crippen MR) is 108 cm³/mol. The van der Waals surface area contributed by atoms with Crippen molar-refractivity contribution >= 4 is 11.6 Å². The molecule has 2 heteroatoms. The molecule has 0 aliphatic heterocycles. The SMILES string of the molecule is COc1ccc(C2=Cc3ccc(OC)cc3C3CC(C)(C)CCC23)cc1. The molecule has 2 aromatic rings. The van der Waals surface area contributed by atoms with Crippen molar-refractivity contribution < 1.29 is 9.47 Å². The Labute approximate surface area is 156 Å². The minimum atomic E-state index is 0.393. The van der Waals surface area contributed by atoms with Gasteiger partial charge in [-0.15, -0.1) is 0 Å². The van der Waals surface area contributed by atoms with Gasteiger partial charge >= 0.3 is 0 Å². The molecule has 0 radical (unpaired) electrons. The van der Waals surface area contributed by atoms with E-state index >= 15 is 0 Å². The standard InChI is InChI=1S/C24H28O2/c1-24(2)12-11-20-21(16-5-8-18(25-3)9-6-16)13-17-7-10-19(26-4)14-22(17)23(20)15-24/h5-10,13-14,20,23H,11-12,15H2,1-4H3. The minimum Gasteiger partial charge on any atom is -0.497 e. The van der Waals surface area contributed by atoms with Crippen molar-refractivity contribution in [1.29, 1.82) is 0 Å². The second-order valence-corrected chi connectivity index (χ2v) is 8.44. The lowest BCUT2D eigenvalue weighted by atomic mass is 9.60. The molecule has 0 aromatic heterocycles. The molecule has 0 amide bonds. The summed E-state index contributed by atoms with van der Waals surface area (Å²) in [5, 5.41) is 0. The van der Waals surface area contributed by atoms with E-state index in [1.165, 1.54) is 41.5 Å². The molecule has 4 rings (SSSR count). The van der Waals surface area contributed by atoms with Crippen molar-refractivity contribution in [3.05, 3.63) is 59.2 Å². The highest BCUT2D eigenvalue weighted by Crippen LogP contribution is 2.55. The molecule has 2 aromatic carbocycles. The molecular formula is C24H28O2. The van der Waals surface area contributed by atoms with E-state index in [2.05, 4.69) is 62.4 Å². The Morgan fingerprint density at radius 3 is 2.27 bits per heavy atom. The fraction of sp³-hybridized carbons (Fsp3) is 0.417. The molecule has 0 N–H and O–H groups in total. The Hall–Kier alpha value is -2.22. The Bertz CT molecular complexity index is 830. The Morgan fingerprint density at radius 1 is 0.885 bits per heavy atom. The average molecular weight is 348 g/mol. The lowest BCUT2D eigenvalue weighted by Crippen LogP contribution is -2.31. The first-order valence-corrected chi connectivity index (χ1v) is 9.55. The highest BCUT2D eigenvalue weighted by Gasteiger charge is 2.40. The molecule has 0 saturated heterocycles. The second kappa shape index (κ2) is 6.50. The van der Waals surface area contributed by atoms with Gasteiger partial charge in [-0.2, -0.15) is 0 Å². The van der Waals surface area contributed by atoms with E-state index in [0.717, 1.165) is 11.5 Å². The van der Waals surface area contributed by atoms with Gasteiger partial charge in [0, 0.05) is 0 Å². The van der Waals surface area contributed by atoms with Crippen LogP contribution in [-0.2, 0) is 0 Å². The van der Waals surface area contributed by atoms with Crippen molar-refractivity contribution in [1.82, 2.24) is 0 Å². The summed E-state index contributed by atoms with van der Waals surface area (Å²) < 4.78 is 10.9. The van der Waals surface area contributed by atoms with Crippen LogP contribution in [0.4, 0.5) is 0 Å². The number of fused-ring (bicyclic) bond motifs is 3. The summed E-state index contributed by atoms with van der Waals surface area (Å²) in [5.74, 6) is 3.02. The zero-order valence-electron chi connectivity index (χ0n) is 16.2. The van der Waals surface area contributed by atoms with E-state index in [1.807, 2.05) is 0 Å². The quantitative estimate of drug-likeness (QED) is 0.660. The number of hydrogen-bond donors (Lipinski definition) is 0. The zero-order chi connectivity index (χ0) is 18.3. The van der Waals surface area contributed by atoms with Crippen LogP contribution in [0.2, 0.25) is 0 Å². The van der Waals surface area contributed by atoms with E-state index in [9.17, 15) is 0 Å². The smallest absolute Gasteiger partial charge is 0.119 e. The predicted octanol–water partition coefficient (Wildman–Crippen LogP) is 6.17. The highest BCUT2D eigenvalue weighted by atomic mass is 16.5. The third-order valence-corrected chi connectivity index (χ3v) is 6.22. The van der Waals surface area contributed by atoms with Gasteiger partial charge in [-0.25, -0.2) is 0 Å². The number of ether oxygens (including phenoxy) is 2. The molecule has 2 atom stereocenters. The van der Waals surface area contributed by atoms with Crippen LogP contribution in [0.5, 0.6) is 11.5 Å². The van der Waals surface area contributed by atoms with Crippen molar-refractivity contribution in [2.24, 2.45) is 11.3 Å². The van der Waals surface area contributed by atoms with Crippen LogP contribution in [0, 0.1) is 11.3 Å². The molecule has 2 aliphatic rings. The summed E-state index contributed by atoms with van der Waals surface area (Å²) in [4.78, 5) is 0. The molecule has 26 heavy (non-hydrogen) atoms. The molecular weight excluding hydrogens is 320 g/mol. The van der Waals surface area contributed by atoms with Gasteiger partial charge in [0.1, 0.15) is 11.5 Å². The first-order valence-electron chi connectivity index (χ1n) is 9.55. The average Bonchev–Trinajstić information content (AvgIpc) is 2.66. The maximum Gasteiger partial charge on any atom is 0.119 e. The van der Waals surface area contributed by atoms with Crippen molar-refractivity contribution in [3.8, 4) is 11.5 Å². The van der Waals surface area contributed by atoms with Crippen LogP contribution in [0.1, 0.15) is 55.7 Å². The van der Waals surface area contributed by atoms with Gasteiger partial charge < -0.3 is 9.47 Å². The number of hydrogen-bond acceptors (Lipinski definition) is 2. The van der Waals surface area contributed by atoms with Gasteiger partial charge in [0.05, 0.1) is 14.2 Å². The Balaban J connectivity index is 1.81. The topological polar surface area (TPSA) is 18.5 Å². The van der Waals surface area contributed by atoms with Crippen molar-refractivity contribution in [2.75, 3.05) is 14.2 Å². The first-order chi connectivity index (χ1) is 12.5. The molecule has 0 spiro atoms. The fourth-order valence-corrected chi connectivity index (χ4v) is 4.77. The number of benzene rings is 2. The third-order valence-electron chi connectivity index (χ3n) is 6.22. The largest absolute Gasteiger partial charge is 0.497 e. The van der Waals surface area contributed by atoms with E-state index in [-0.39, 0.29) is 0 Å². The number of methoxy groups -OCH3 is 2. The number of rotatable bonds is 3. The monoisotopic (exact) mass is 348 g/mol. The van der Waals surface area contributed by atoms with Gasteiger partial charge in [-0.1, -0.05) is 38.1 Å². The van der Waals surface area contributed by atoms with Crippen molar-refractivity contribution in [2.45, 2.75) is 39.0 Å².